The monoisotopic (exact) mass is 371 g/mol. The van der Waals surface area contributed by atoms with Gasteiger partial charge in [-0.05, 0) is 62.4 Å². The number of anilines is 1. The Kier molecular flexibility index (Phi) is 6.78. The fourth-order valence-corrected chi connectivity index (χ4v) is 2.91. The molecule has 0 aliphatic heterocycles. The van der Waals surface area contributed by atoms with Gasteiger partial charge in [-0.2, -0.15) is 0 Å². The highest BCUT2D eigenvalue weighted by molar-refractivity contribution is 5.93. The van der Waals surface area contributed by atoms with Gasteiger partial charge in [0.05, 0.1) is 6.04 Å². The van der Waals surface area contributed by atoms with Crippen LogP contribution in [0.2, 0.25) is 0 Å². The summed E-state index contributed by atoms with van der Waals surface area (Å²) in [7, 11) is 1.75. The van der Waals surface area contributed by atoms with Crippen molar-refractivity contribution in [3.05, 3.63) is 83.6 Å². The molecule has 0 spiro atoms. The van der Waals surface area contributed by atoms with Crippen molar-refractivity contribution in [2.24, 2.45) is 5.92 Å². The molecule has 1 amide bonds. The van der Waals surface area contributed by atoms with Crippen LogP contribution in [-0.2, 0) is 11.2 Å². The number of benzene rings is 1. The number of rotatable bonds is 5. The normalized spacial score (nSPS) is 16.1. The van der Waals surface area contributed by atoms with Gasteiger partial charge in [-0.15, -0.1) is 0 Å². The fraction of sp³-hybridized carbons (Fsp3) is 0.250. The minimum atomic E-state index is -0.292. The molecular weight excluding hydrogens is 346 g/mol. The fourth-order valence-electron chi connectivity index (χ4n) is 2.91. The van der Waals surface area contributed by atoms with E-state index in [0.717, 1.165) is 24.0 Å². The molecule has 1 aliphatic rings. The van der Waals surface area contributed by atoms with Gasteiger partial charge in [0.15, 0.2) is 0 Å². The van der Waals surface area contributed by atoms with Crippen LogP contribution in [0.3, 0.4) is 0 Å². The summed E-state index contributed by atoms with van der Waals surface area (Å²) in [6.07, 6.45) is 10.4. The van der Waals surface area contributed by atoms with Gasteiger partial charge >= 0.3 is 0 Å². The zero-order valence-electron chi connectivity index (χ0n) is 16.3. The van der Waals surface area contributed by atoms with Gasteiger partial charge in [0.25, 0.3) is 0 Å². The van der Waals surface area contributed by atoms with Gasteiger partial charge in [-0.3, -0.25) is 4.79 Å². The van der Waals surface area contributed by atoms with Crippen LogP contribution in [-0.4, -0.2) is 24.0 Å². The number of carbonyl (C=O) groups is 1. The Hall–Kier alpha value is -3.16. The molecule has 2 atom stereocenters. The highest BCUT2D eigenvalue weighted by atomic mass is 16.2. The summed E-state index contributed by atoms with van der Waals surface area (Å²) in [6.45, 7) is 1.81. The van der Waals surface area contributed by atoms with Crippen molar-refractivity contribution in [1.29, 1.82) is 0 Å². The van der Waals surface area contributed by atoms with Gasteiger partial charge in [-0.1, -0.05) is 54.5 Å². The molecule has 0 fully saturated rings. The Morgan fingerprint density at radius 3 is 2.71 bits per heavy atom. The van der Waals surface area contributed by atoms with Crippen molar-refractivity contribution < 1.29 is 4.79 Å². The van der Waals surface area contributed by atoms with E-state index in [4.69, 9.17) is 0 Å². The van der Waals surface area contributed by atoms with Crippen LogP contribution < -0.4 is 10.6 Å². The molecule has 28 heavy (non-hydrogen) atoms. The molecule has 1 heterocycles. The second-order valence-corrected chi connectivity index (χ2v) is 6.83. The molecule has 0 radical (unpaired) electrons. The van der Waals surface area contributed by atoms with Crippen LogP contribution in [0.4, 0.5) is 5.82 Å². The van der Waals surface area contributed by atoms with Crippen molar-refractivity contribution in [2.45, 2.75) is 25.8 Å². The van der Waals surface area contributed by atoms with E-state index in [2.05, 4.69) is 51.8 Å². The molecular formula is C24H25N3O. The van der Waals surface area contributed by atoms with Crippen molar-refractivity contribution in [2.75, 3.05) is 12.4 Å². The van der Waals surface area contributed by atoms with Gasteiger partial charge in [0.2, 0.25) is 5.91 Å². The number of aromatic nitrogens is 1. The number of hydrogen-bond acceptors (Lipinski definition) is 3. The van der Waals surface area contributed by atoms with Crippen molar-refractivity contribution in [3.8, 4) is 11.8 Å². The second-order valence-electron chi connectivity index (χ2n) is 6.83. The van der Waals surface area contributed by atoms with Crippen LogP contribution in [0.5, 0.6) is 0 Å². The average Bonchev–Trinajstić information content (AvgIpc) is 2.74. The van der Waals surface area contributed by atoms with E-state index in [-0.39, 0.29) is 11.9 Å². The smallest absolute Gasteiger partial charge is 0.242 e. The zero-order chi connectivity index (χ0) is 19.8. The highest BCUT2D eigenvalue weighted by Gasteiger charge is 2.14. The summed E-state index contributed by atoms with van der Waals surface area (Å²) in [6, 6.07) is 13.4. The third kappa shape index (κ3) is 5.42. The first-order valence-electron chi connectivity index (χ1n) is 9.54. The first kappa shape index (κ1) is 19.6. The molecule has 142 valence electrons. The lowest BCUT2D eigenvalue weighted by molar-refractivity contribution is -0.117. The summed E-state index contributed by atoms with van der Waals surface area (Å²) in [5, 5.41) is 5.79. The maximum absolute atomic E-state index is 12.2. The van der Waals surface area contributed by atoms with Crippen LogP contribution >= 0.6 is 0 Å². The summed E-state index contributed by atoms with van der Waals surface area (Å²) < 4.78 is 0. The molecule has 1 aliphatic carbocycles. The Bertz CT molecular complexity index is 935. The number of pyridine rings is 1. The number of nitrogens with one attached hydrogen (secondary N) is 2. The zero-order valence-corrected chi connectivity index (χ0v) is 16.3. The molecule has 0 saturated carbocycles. The topological polar surface area (TPSA) is 54.0 Å². The number of amides is 1. The number of hydrogen-bond donors (Lipinski definition) is 2. The highest BCUT2D eigenvalue weighted by Crippen LogP contribution is 2.21. The van der Waals surface area contributed by atoms with E-state index < -0.39 is 0 Å². The Labute approximate surface area is 166 Å². The van der Waals surface area contributed by atoms with E-state index in [9.17, 15) is 4.79 Å². The molecule has 1 aromatic carbocycles. The van der Waals surface area contributed by atoms with E-state index in [0.29, 0.717) is 17.4 Å². The summed E-state index contributed by atoms with van der Waals surface area (Å²) in [4.78, 5) is 16.8. The Morgan fingerprint density at radius 2 is 2.00 bits per heavy atom. The number of nitrogens with zero attached hydrogens (tertiary/aromatic N) is 1. The summed E-state index contributed by atoms with van der Waals surface area (Å²) in [5.41, 5.74) is 2.74. The lowest BCUT2D eigenvalue weighted by atomic mass is 9.92. The second kappa shape index (κ2) is 9.68. The number of allylic oxidation sites excluding steroid dienone is 4. The van der Waals surface area contributed by atoms with Crippen LogP contribution in [0, 0.1) is 17.8 Å². The van der Waals surface area contributed by atoms with Crippen molar-refractivity contribution >= 4 is 11.7 Å². The number of carbonyl (C=O) groups excluding carboxylic acids is 1. The van der Waals surface area contributed by atoms with Gasteiger partial charge in [0.1, 0.15) is 11.5 Å². The molecule has 1 aromatic heterocycles. The van der Waals surface area contributed by atoms with E-state index in [1.54, 1.807) is 7.05 Å². The SMILES string of the molecule is CNC(C)C(=O)Nc1ccc(CC2C=CC=CC2)c(C#Cc2ccccc2)n1. The first-order chi connectivity index (χ1) is 13.7. The lowest BCUT2D eigenvalue weighted by Crippen LogP contribution is -2.35. The van der Waals surface area contributed by atoms with Crippen molar-refractivity contribution in [3.63, 3.8) is 0 Å². The average molecular weight is 371 g/mol. The first-order valence-corrected chi connectivity index (χ1v) is 9.54. The lowest BCUT2D eigenvalue weighted by Gasteiger charge is -2.15. The van der Waals surface area contributed by atoms with Crippen LogP contribution in [0.25, 0.3) is 0 Å². The van der Waals surface area contributed by atoms with E-state index >= 15 is 0 Å². The molecule has 2 N–H and O–H groups in total. The Balaban J connectivity index is 1.88. The van der Waals surface area contributed by atoms with Gasteiger partial charge in [0, 0.05) is 5.56 Å². The quantitative estimate of drug-likeness (QED) is 0.788. The summed E-state index contributed by atoms with van der Waals surface area (Å²) >= 11 is 0. The van der Waals surface area contributed by atoms with Crippen LogP contribution in [0.1, 0.15) is 30.2 Å². The third-order valence-electron chi connectivity index (χ3n) is 4.71. The molecule has 4 heteroatoms. The Morgan fingerprint density at radius 1 is 1.18 bits per heavy atom. The largest absolute Gasteiger partial charge is 0.309 e. The van der Waals surface area contributed by atoms with Gasteiger partial charge in [-0.25, -0.2) is 4.98 Å². The minimum Gasteiger partial charge on any atom is -0.309 e. The maximum atomic E-state index is 12.2. The molecule has 0 saturated heterocycles. The van der Waals surface area contributed by atoms with Gasteiger partial charge < -0.3 is 10.6 Å². The minimum absolute atomic E-state index is 0.120. The summed E-state index contributed by atoms with van der Waals surface area (Å²) in [5.74, 6) is 7.23. The standard InChI is InChI=1S/C24H25N3O/c1-18(25-2)24(28)27-23-16-14-21(17-20-11-7-4-8-12-20)22(26-23)15-13-19-9-5-3-6-10-19/h3-11,14,16,18,20,25H,12,17H2,1-2H3,(H,26,27,28). The van der Waals surface area contributed by atoms with Crippen LogP contribution in [0.15, 0.2) is 66.8 Å². The predicted molar refractivity (Wildman–Crippen MR) is 114 cm³/mol. The number of likely N-dealkylation sites (N-methyl/N-ethyl adjacent to an activating group) is 1. The van der Waals surface area contributed by atoms with E-state index in [1.807, 2.05) is 49.4 Å². The maximum Gasteiger partial charge on any atom is 0.242 e. The molecule has 2 aromatic rings. The molecule has 4 nitrogen and oxygen atoms in total. The molecule has 2 unspecified atom stereocenters. The van der Waals surface area contributed by atoms with E-state index in [1.165, 1.54) is 0 Å². The predicted octanol–water partition coefficient (Wildman–Crippen LogP) is 3.70. The third-order valence-corrected chi connectivity index (χ3v) is 4.71. The van der Waals surface area contributed by atoms with Crippen molar-refractivity contribution in [1.82, 2.24) is 10.3 Å². The molecule has 0 bridgehead atoms. The molecule has 3 rings (SSSR count).